The summed E-state index contributed by atoms with van der Waals surface area (Å²) in [5, 5.41) is 0.482. The molecule has 0 unspecified atom stereocenters. The van der Waals surface area contributed by atoms with E-state index in [9.17, 15) is 0 Å². The zero-order valence-corrected chi connectivity index (χ0v) is 9.64. The first-order valence-electron chi connectivity index (χ1n) is 4.82. The zero-order chi connectivity index (χ0) is 10.6. The summed E-state index contributed by atoms with van der Waals surface area (Å²) in [5.41, 5.74) is 1.13. The van der Waals surface area contributed by atoms with Gasteiger partial charge in [-0.2, -0.15) is 0 Å². The van der Waals surface area contributed by atoms with Gasteiger partial charge in [0, 0.05) is 17.8 Å². The number of aromatic nitrogens is 1. The van der Waals surface area contributed by atoms with E-state index in [0.717, 1.165) is 24.2 Å². The number of methoxy groups -OCH3 is 1. The normalized spacial score (nSPS) is 10.6. The summed E-state index contributed by atoms with van der Waals surface area (Å²) in [6.45, 7) is 4.41. The average molecular weight is 214 g/mol. The van der Waals surface area contributed by atoms with Crippen molar-refractivity contribution in [3.8, 4) is 5.75 Å². The second-order valence-corrected chi connectivity index (χ2v) is 4.14. The third-order valence-electron chi connectivity index (χ3n) is 2.12. The molecule has 0 saturated carbocycles. The minimum absolute atomic E-state index is 0.482. The van der Waals surface area contributed by atoms with Crippen LogP contribution >= 0.6 is 11.6 Å². The maximum atomic E-state index is 5.77. The molecule has 0 aliphatic carbocycles. The number of halogens is 1. The Hall–Kier alpha value is -0.760. The Morgan fingerprint density at radius 1 is 1.50 bits per heavy atom. The van der Waals surface area contributed by atoms with Crippen LogP contribution in [-0.4, -0.2) is 12.1 Å². The van der Waals surface area contributed by atoms with Gasteiger partial charge >= 0.3 is 0 Å². The predicted molar refractivity (Wildman–Crippen MR) is 59.0 cm³/mol. The summed E-state index contributed by atoms with van der Waals surface area (Å²) >= 11 is 5.77. The van der Waals surface area contributed by atoms with Crippen LogP contribution in [0.25, 0.3) is 0 Å². The molecule has 0 atom stereocenters. The summed E-state index contributed by atoms with van der Waals surface area (Å²) in [4.78, 5) is 4.05. The van der Waals surface area contributed by atoms with Crippen molar-refractivity contribution >= 4 is 11.6 Å². The summed E-state index contributed by atoms with van der Waals surface area (Å²) in [6, 6.07) is 1.76. The third kappa shape index (κ3) is 3.18. The van der Waals surface area contributed by atoms with E-state index in [1.165, 1.54) is 0 Å². The number of nitrogens with zero attached hydrogens (tertiary/aromatic N) is 1. The number of pyridine rings is 1. The number of hydrogen-bond acceptors (Lipinski definition) is 2. The molecule has 0 amide bonds. The molecule has 0 aromatic carbocycles. The van der Waals surface area contributed by atoms with Crippen LogP contribution in [0.3, 0.4) is 0 Å². The minimum atomic E-state index is 0.482. The van der Waals surface area contributed by atoms with Crippen molar-refractivity contribution in [3.05, 3.63) is 23.0 Å². The van der Waals surface area contributed by atoms with Crippen LogP contribution in [0.5, 0.6) is 5.75 Å². The molecule has 0 N–H and O–H groups in total. The molecular weight excluding hydrogens is 198 g/mol. The lowest BCUT2D eigenvalue weighted by atomic mass is 10.0. The van der Waals surface area contributed by atoms with E-state index in [1.807, 2.05) is 0 Å². The fourth-order valence-electron chi connectivity index (χ4n) is 1.26. The molecular formula is C11H16ClNO. The molecule has 1 aromatic heterocycles. The zero-order valence-electron chi connectivity index (χ0n) is 8.88. The number of rotatable bonds is 4. The molecule has 1 rings (SSSR count). The fourth-order valence-corrected chi connectivity index (χ4v) is 1.41. The Bertz CT molecular complexity index is 299. The lowest BCUT2D eigenvalue weighted by Gasteiger charge is -2.09. The Kier molecular flexibility index (Phi) is 4.21. The van der Waals surface area contributed by atoms with Gasteiger partial charge in [0.15, 0.2) is 0 Å². The minimum Gasteiger partial charge on any atom is -0.496 e. The maximum Gasteiger partial charge on any atom is 0.132 e. The maximum absolute atomic E-state index is 5.77. The van der Waals surface area contributed by atoms with Crippen molar-refractivity contribution in [2.24, 2.45) is 5.92 Å². The van der Waals surface area contributed by atoms with Gasteiger partial charge in [0.1, 0.15) is 10.9 Å². The van der Waals surface area contributed by atoms with Crippen LogP contribution in [0.15, 0.2) is 12.3 Å². The molecule has 0 bridgehead atoms. The van der Waals surface area contributed by atoms with Crippen molar-refractivity contribution in [1.29, 1.82) is 0 Å². The highest BCUT2D eigenvalue weighted by molar-refractivity contribution is 6.29. The highest BCUT2D eigenvalue weighted by Gasteiger charge is 2.05. The number of hydrogen-bond donors (Lipinski definition) is 0. The first-order valence-corrected chi connectivity index (χ1v) is 5.19. The number of ether oxygens (including phenoxy) is 1. The van der Waals surface area contributed by atoms with Crippen LogP contribution in [-0.2, 0) is 6.42 Å². The van der Waals surface area contributed by atoms with E-state index in [2.05, 4.69) is 18.8 Å². The van der Waals surface area contributed by atoms with Crippen molar-refractivity contribution in [2.75, 3.05) is 7.11 Å². The molecule has 1 aromatic rings. The molecule has 2 nitrogen and oxygen atoms in total. The first kappa shape index (κ1) is 11.3. The van der Waals surface area contributed by atoms with Gasteiger partial charge in [0.05, 0.1) is 7.11 Å². The van der Waals surface area contributed by atoms with Crippen LogP contribution in [0.2, 0.25) is 5.15 Å². The largest absolute Gasteiger partial charge is 0.496 e. The predicted octanol–water partition coefficient (Wildman–Crippen LogP) is 3.33. The standard InChI is InChI=1S/C11H16ClNO/c1-8(2)4-5-9-7-13-11(12)6-10(9)14-3/h6-8H,4-5H2,1-3H3. The smallest absolute Gasteiger partial charge is 0.132 e. The molecule has 78 valence electrons. The molecule has 1 heterocycles. The molecule has 0 saturated heterocycles. The molecule has 0 radical (unpaired) electrons. The van der Waals surface area contributed by atoms with Crippen LogP contribution < -0.4 is 4.74 Å². The fraction of sp³-hybridized carbons (Fsp3) is 0.545. The Morgan fingerprint density at radius 2 is 2.21 bits per heavy atom. The molecule has 0 fully saturated rings. The summed E-state index contributed by atoms with van der Waals surface area (Å²) in [5.74, 6) is 1.53. The Balaban J connectivity index is 2.75. The van der Waals surface area contributed by atoms with Gasteiger partial charge in [-0.05, 0) is 18.8 Å². The number of aryl methyl sites for hydroxylation is 1. The highest BCUT2D eigenvalue weighted by Crippen LogP contribution is 2.23. The van der Waals surface area contributed by atoms with Crippen molar-refractivity contribution in [1.82, 2.24) is 4.98 Å². The summed E-state index contributed by atoms with van der Waals surface area (Å²) in [6.07, 6.45) is 3.92. The van der Waals surface area contributed by atoms with Gasteiger partial charge in [-0.15, -0.1) is 0 Å². The van der Waals surface area contributed by atoms with Crippen LogP contribution in [0.4, 0.5) is 0 Å². The van der Waals surface area contributed by atoms with E-state index in [4.69, 9.17) is 16.3 Å². The highest BCUT2D eigenvalue weighted by atomic mass is 35.5. The van der Waals surface area contributed by atoms with E-state index < -0.39 is 0 Å². The second kappa shape index (κ2) is 5.20. The lowest BCUT2D eigenvalue weighted by Crippen LogP contribution is -1.97. The van der Waals surface area contributed by atoms with Gasteiger partial charge < -0.3 is 4.74 Å². The third-order valence-corrected chi connectivity index (χ3v) is 2.33. The van der Waals surface area contributed by atoms with Crippen molar-refractivity contribution < 1.29 is 4.74 Å². The van der Waals surface area contributed by atoms with E-state index in [0.29, 0.717) is 11.1 Å². The van der Waals surface area contributed by atoms with Gasteiger partial charge in [0.25, 0.3) is 0 Å². The quantitative estimate of drug-likeness (QED) is 0.716. The van der Waals surface area contributed by atoms with E-state index in [-0.39, 0.29) is 0 Å². The molecule has 0 spiro atoms. The van der Waals surface area contributed by atoms with Gasteiger partial charge in [-0.1, -0.05) is 25.4 Å². The van der Waals surface area contributed by atoms with Gasteiger partial charge in [-0.3, -0.25) is 0 Å². The van der Waals surface area contributed by atoms with Crippen molar-refractivity contribution in [2.45, 2.75) is 26.7 Å². The Morgan fingerprint density at radius 3 is 2.79 bits per heavy atom. The first-order chi connectivity index (χ1) is 6.63. The molecule has 14 heavy (non-hydrogen) atoms. The monoisotopic (exact) mass is 213 g/mol. The molecule has 0 aliphatic rings. The van der Waals surface area contributed by atoms with E-state index >= 15 is 0 Å². The lowest BCUT2D eigenvalue weighted by molar-refractivity contribution is 0.407. The Labute approximate surface area is 90.3 Å². The molecule has 3 heteroatoms. The van der Waals surface area contributed by atoms with Crippen molar-refractivity contribution in [3.63, 3.8) is 0 Å². The summed E-state index contributed by atoms with van der Waals surface area (Å²) in [7, 11) is 1.66. The average Bonchev–Trinajstić information content (AvgIpc) is 2.15. The van der Waals surface area contributed by atoms with E-state index in [1.54, 1.807) is 19.4 Å². The van der Waals surface area contributed by atoms with Crippen LogP contribution in [0, 0.1) is 5.92 Å². The topological polar surface area (TPSA) is 22.1 Å². The SMILES string of the molecule is COc1cc(Cl)ncc1CCC(C)C. The molecule has 0 aliphatic heterocycles. The van der Waals surface area contributed by atoms with Gasteiger partial charge in [-0.25, -0.2) is 4.98 Å². The second-order valence-electron chi connectivity index (χ2n) is 3.75. The van der Waals surface area contributed by atoms with Crippen LogP contribution in [0.1, 0.15) is 25.8 Å². The summed E-state index contributed by atoms with van der Waals surface area (Å²) < 4.78 is 5.23. The van der Waals surface area contributed by atoms with Gasteiger partial charge in [0.2, 0.25) is 0 Å².